The van der Waals surface area contributed by atoms with E-state index in [2.05, 4.69) is 5.32 Å². The molecule has 98 valence electrons. The zero-order valence-corrected chi connectivity index (χ0v) is 10.7. The van der Waals surface area contributed by atoms with Crippen molar-refractivity contribution >= 4 is 17.3 Å². The Morgan fingerprint density at radius 3 is 2.42 bits per heavy atom. The van der Waals surface area contributed by atoms with Gasteiger partial charge in [-0.05, 0) is 49.7 Å². The van der Waals surface area contributed by atoms with Gasteiger partial charge in [0.2, 0.25) is 0 Å². The fourth-order valence-corrected chi connectivity index (χ4v) is 1.86. The maximum atomic E-state index is 13.0. The van der Waals surface area contributed by atoms with Gasteiger partial charge in [0.25, 0.3) is 0 Å². The van der Waals surface area contributed by atoms with Crippen molar-refractivity contribution in [2.45, 2.75) is 13.8 Å². The molecule has 2 N–H and O–H groups in total. The number of hydrogen-bond donors (Lipinski definition) is 2. The minimum absolute atomic E-state index is 0.198. The zero-order chi connectivity index (χ0) is 14.0. The van der Waals surface area contributed by atoms with Crippen molar-refractivity contribution in [1.82, 2.24) is 0 Å². The van der Waals surface area contributed by atoms with E-state index in [4.69, 9.17) is 0 Å². The molecular formula is C15H14FNO2. The van der Waals surface area contributed by atoms with E-state index in [1.807, 2.05) is 13.0 Å². The number of anilines is 2. The van der Waals surface area contributed by atoms with Gasteiger partial charge in [-0.2, -0.15) is 0 Å². The number of aryl methyl sites for hydroxylation is 2. The molecule has 0 saturated carbocycles. The van der Waals surface area contributed by atoms with Crippen LogP contribution in [0.2, 0.25) is 0 Å². The lowest BCUT2D eigenvalue weighted by Crippen LogP contribution is -2.04. The number of hydrogen-bond acceptors (Lipinski definition) is 2. The lowest BCUT2D eigenvalue weighted by Gasteiger charge is -2.12. The molecule has 0 heterocycles. The van der Waals surface area contributed by atoms with E-state index in [0.717, 1.165) is 11.1 Å². The predicted molar refractivity (Wildman–Crippen MR) is 72.6 cm³/mol. The summed E-state index contributed by atoms with van der Waals surface area (Å²) in [6, 6.07) is 9.47. The second kappa shape index (κ2) is 5.10. The number of nitrogens with one attached hydrogen (secondary N) is 1. The number of benzene rings is 2. The Bertz CT molecular complexity index is 638. The van der Waals surface area contributed by atoms with Crippen LogP contribution in [0.3, 0.4) is 0 Å². The SMILES string of the molecule is Cc1ccc(Nc2ccc(F)cc2C)c(C(=O)O)c1. The number of rotatable bonds is 3. The molecule has 0 saturated heterocycles. The molecule has 0 spiro atoms. The third kappa shape index (κ3) is 2.91. The smallest absolute Gasteiger partial charge is 0.337 e. The predicted octanol–water partition coefficient (Wildman–Crippen LogP) is 3.88. The quantitative estimate of drug-likeness (QED) is 0.879. The van der Waals surface area contributed by atoms with Crippen molar-refractivity contribution in [3.05, 3.63) is 58.9 Å². The van der Waals surface area contributed by atoms with Gasteiger partial charge in [0.1, 0.15) is 5.82 Å². The number of aromatic carboxylic acids is 1. The standard InChI is InChI=1S/C15H14FNO2/c1-9-3-5-14(12(7-9)15(18)19)17-13-6-4-11(16)8-10(13)2/h3-8,17H,1-2H3,(H,18,19). The molecule has 0 aliphatic rings. The molecule has 0 aromatic heterocycles. The molecule has 19 heavy (non-hydrogen) atoms. The van der Waals surface area contributed by atoms with Gasteiger partial charge in [0, 0.05) is 5.69 Å². The zero-order valence-electron chi connectivity index (χ0n) is 10.7. The number of halogens is 1. The second-order valence-electron chi connectivity index (χ2n) is 4.44. The fourth-order valence-electron chi connectivity index (χ4n) is 1.86. The highest BCUT2D eigenvalue weighted by Crippen LogP contribution is 2.25. The molecule has 2 aromatic carbocycles. The Morgan fingerprint density at radius 1 is 1.11 bits per heavy atom. The highest BCUT2D eigenvalue weighted by molar-refractivity contribution is 5.95. The van der Waals surface area contributed by atoms with Crippen LogP contribution < -0.4 is 5.32 Å². The molecular weight excluding hydrogens is 245 g/mol. The number of carboxylic acids is 1. The summed E-state index contributed by atoms with van der Waals surface area (Å²) in [4.78, 5) is 11.2. The van der Waals surface area contributed by atoms with E-state index >= 15 is 0 Å². The van der Waals surface area contributed by atoms with Gasteiger partial charge in [-0.1, -0.05) is 11.6 Å². The van der Waals surface area contributed by atoms with Gasteiger partial charge in [-0.15, -0.1) is 0 Å². The van der Waals surface area contributed by atoms with E-state index in [1.54, 1.807) is 25.1 Å². The van der Waals surface area contributed by atoms with E-state index in [1.165, 1.54) is 12.1 Å². The van der Waals surface area contributed by atoms with Crippen LogP contribution in [0.4, 0.5) is 15.8 Å². The topological polar surface area (TPSA) is 49.3 Å². The molecule has 0 atom stereocenters. The monoisotopic (exact) mass is 259 g/mol. The third-order valence-electron chi connectivity index (χ3n) is 2.86. The molecule has 3 nitrogen and oxygen atoms in total. The van der Waals surface area contributed by atoms with Gasteiger partial charge in [0.05, 0.1) is 11.3 Å². The van der Waals surface area contributed by atoms with E-state index in [-0.39, 0.29) is 11.4 Å². The molecule has 2 aromatic rings. The normalized spacial score (nSPS) is 10.3. The van der Waals surface area contributed by atoms with Crippen LogP contribution in [-0.4, -0.2) is 11.1 Å². The van der Waals surface area contributed by atoms with Gasteiger partial charge in [0.15, 0.2) is 0 Å². The van der Waals surface area contributed by atoms with Gasteiger partial charge in [-0.25, -0.2) is 9.18 Å². The largest absolute Gasteiger partial charge is 0.478 e. The van der Waals surface area contributed by atoms with Crippen LogP contribution in [-0.2, 0) is 0 Å². The first-order chi connectivity index (χ1) is 8.97. The molecule has 0 radical (unpaired) electrons. The van der Waals surface area contributed by atoms with Crippen molar-refractivity contribution in [1.29, 1.82) is 0 Å². The van der Waals surface area contributed by atoms with Gasteiger partial charge < -0.3 is 10.4 Å². The minimum Gasteiger partial charge on any atom is -0.478 e. The van der Waals surface area contributed by atoms with Crippen molar-refractivity contribution < 1.29 is 14.3 Å². The van der Waals surface area contributed by atoms with E-state index in [9.17, 15) is 14.3 Å². The van der Waals surface area contributed by atoms with Gasteiger partial charge in [-0.3, -0.25) is 0 Å². The Kier molecular flexibility index (Phi) is 3.51. The summed E-state index contributed by atoms with van der Waals surface area (Å²) in [7, 11) is 0. The molecule has 0 bridgehead atoms. The van der Waals surface area contributed by atoms with Crippen LogP contribution in [0.25, 0.3) is 0 Å². The van der Waals surface area contributed by atoms with Crippen molar-refractivity contribution in [3.63, 3.8) is 0 Å². The van der Waals surface area contributed by atoms with Crippen LogP contribution >= 0.6 is 0 Å². The summed E-state index contributed by atoms with van der Waals surface area (Å²) >= 11 is 0. The maximum Gasteiger partial charge on any atom is 0.337 e. The first kappa shape index (κ1) is 13.1. The van der Waals surface area contributed by atoms with E-state index < -0.39 is 5.97 Å². The Balaban J connectivity index is 2.40. The number of carboxylic acid groups (broad SMARTS) is 1. The highest BCUT2D eigenvalue weighted by Gasteiger charge is 2.11. The average Bonchev–Trinajstić information content (AvgIpc) is 2.34. The van der Waals surface area contributed by atoms with Gasteiger partial charge >= 0.3 is 5.97 Å². The lowest BCUT2D eigenvalue weighted by molar-refractivity contribution is 0.0698. The van der Waals surface area contributed by atoms with Crippen LogP contribution in [0.15, 0.2) is 36.4 Å². The van der Waals surface area contributed by atoms with Crippen LogP contribution in [0.1, 0.15) is 21.5 Å². The molecule has 4 heteroatoms. The summed E-state index contributed by atoms with van der Waals surface area (Å²) in [5, 5.41) is 12.2. The first-order valence-electron chi connectivity index (χ1n) is 5.84. The Labute approximate surface area is 110 Å². The molecule has 0 unspecified atom stereocenters. The fraction of sp³-hybridized carbons (Fsp3) is 0.133. The minimum atomic E-state index is -0.994. The maximum absolute atomic E-state index is 13.0. The molecule has 0 aliphatic heterocycles. The molecule has 0 fully saturated rings. The molecule has 0 amide bonds. The summed E-state index contributed by atoms with van der Waals surface area (Å²) in [6.45, 7) is 3.60. The van der Waals surface area contributed by atoms with Crippen LogP contribution in [0.5, 0.6) is 0 Å². The highest BCUT2D eigenvalue weighted by atomic mass is 19.1. The Morgan fingerprint density at radius 2 is 1.79 bits per heavy atom. The number of carbonyl (C=O) groups is 1. The lowest BCUT2D eigenvalue weighted by atomic mass is 10.1. The molecule has 0 aliphatic carbocycles. The first-order valence-corrected chi connectivity index (χ1v) is 5.84. The third-order valence-corrected chi connectivity index (χ3v) is 2.86. The summed E-state index contributed by atoms with van der Waals surface area (Å²) < 4.78 is 13.0. The van der Waals surface area contributed by atoms with E-state index in [0.29, 0.717) is 11.4 Å². The molecule has 2 rings (SSSR count). The summed E-state index contributed by atoms with van der Waals surface area (Å²) in [6.07, 6.45) is 0. The summed E-state index contributed by atoms with van der Waals surface area (Å²) in [5.74, 6) is -1.31. The summed E-state index contributed by atoms with van der Waals surface area (Å²) in [5.41, 5.74) is 2.97. The van der Waals surface area contributed by atoms with Crippen molar-refractivity contribution in [3.8, 4) is 0 Å². The Hall–Kier alpha value is -2.36. The second-order valence-corrected chi connectivity index (χ2v) is 4.44. The average molecular weight is 259 g/mol. The van der Waals surface area contributed by atoms with Crippen molar-refractivity contribution in [2.75, 3.05) is 5.32 Å². The van der Waals surface area contributed by atoms with Crippen LogP contribution in [0, 0.1) is 19.7 Å². The van der Waals surface area contributed by atoms with Crippen molar-refractivity contribution in [2.24, 2.45) is 0 Å².